The largest absolute Gasteiger partial charge is 0.480 e. The van der Waals surface area contributed by atoms with Gasteiger partial charge in [-0.25, -0.2) is 9.59 Å². The summed E-state index contributed by atoms with van der Waals surface area (Å²) in [5.74, 6) is -1.24. The molecule has 0 saturated carbocycles. The van der Waals surface area contributed by atoms with E-state index in [1.807, 2.05) is 13.8 Å². The summed E-state index contributed by atoms with van der Waals surface area (Å²) >= 11 is 0. The standard InChI is InChI=1S/C9H18N2O4/c1-4-11(6(2)3)9(15)10-7(5-12)8(13)14/h6-7,12H,4-5H2,1-3H3,(H,10,15)(H,13,14)/t7-/m1/s1. The molecule has 0 saturated heterocycles. The summed E-state index contributed by atoms with van der Waals surface area (Å²) in [5, 5.41) is 19.6. The molecule has 0 aliphatic carbocycles. The van der Waals surface area contributed by atoms with Gasteiger partial charge in [-0.3, -0.25) is 0 Å². The van der Waals surface area contributed by atoms with E-state index >= 15 is 0 Å². The van der Waals surface area contributed by atoms with Gasteiger partial charge in [0.05, 0.1) is 6.61 Å². The molecule has 1 atom stereocenters. The van der Waals surface area contributed by atoms with Gasteiger partial charge in [-0.1, -0.05) is 0 Å². The molecule has 3 N–H and O–H groups in total. The third-order valence-corrected chi connectivity index (χ3v) is 2.00. The van der Waals surface area contributed by atoms with Crippen molar-refractivity contribution in [3.05, 3.63) is 0 Å². The third kappa shape index (κ3) is 4.16. The number of carboxylic acids is 1. The van der Waals surface area contributed by atoms with E-state index in [0.29, 0.717) is 6.54 Å². The molecule has 6 heteroatoms. The summed E-state index contributed by atoms with van der Waals surface area (Å²) in [5.41, 5.74) is 0. The Hall–Kier alpha value is -1.30. The number of aliphatic carboxylic acids is 1. The van der Waals surface area contributed by atoms with Crippen molar-refractivity contribution in [1.82, 2.24) is 10.2 Å². The van der Waals surface area contributed by atoms with Gasteiger partial charge in [-0.05, 0) is 20.8 Å². The van der Waals surface area contributed by atoms with E-state index in [0.717, 1.165) is 0 Å². The fraction of sp³-hybridized carbons (Fsp3) is 0.778. The van der Waals surface area contributed by atoms with Crippen LogP contribution >= 0.6 is 0 Å². The molecule has 0 spiro atoms. The maximum Gasteiger partial charge on any atom is 0.328 e. The molecule has 0 bridgehead atoms. The van der Waals surface area contributed by atoms with Gasteiger partial charge in [-0.15, -0.1) is 0 Å². The van der Waals surface area contributed by atoms with E-state index in [2.05, 4.69) is 5.32 Å². The van der Waals surface area contributed by atoms with Crippen LogP contribution in [0.15, 0.2) is 0 Å². The molecule has 0 unspecified atom stereocenters. The molecule has 15 heavy (non-hydrogen) atoms. The molecule has 0 aliphatic heterocycles. The van der Waals surface area contributed by atoms with Crippen LogP contribution in [0.1, 0.15) is 20.8 Å². The summed E-state index contributed by atoms with van der Waals surface area (Å²) in [6.45, 7) is 5.34. The molecule has 0 aromatic heterocycles. The molecule has 0 aliphatic rings. The normalized spacial score (nSPS) is 12.3. The van der Waals surface area contributed by atoms with Gasteiger partial charge in [0.1, 0.15) is 0 Å². The van der Waals surface area contributed by atoms with Crippen LogP contribution in [0.3, 0.4) is 0 Å². The number of nitrogens with one attached hydrogen (secondary N) is 1. The van der Waals surface area contributed by atoms with Crippen LogP contribution in [0, 0.1) is 0 Å². The van der Waals surface area contributed by atoms with Gasteiger partial charge in [0.15, 0.2) is 6.04 Å². The highest BCUT2D eigenvalue weighted by atomic mass is 16.4. The second-order valence-corrected chi connectivity index (χ2v) is 3.40. The summed E-state index contributed by atoms with van der Waals surface area (Å²) in [6.07, 6.45) is 0. The second-order valence-electron chi connectivity index (χ2n) is 3.40. The van der Waals surface area contributed by atoms with Crippen molar-refractivity contribution < 1.29 is 19.8 Å². The first-order valence-electron chi connectivity index (χ1n) is 4.84. The van der Waals surface area contributed by atoms with Crippen molar-refractivity contribution in [3.8, 4) is 0 Å². The van der Waals surface area contributed by atoms with Crippen LogP contribution < -0.4 is 5.32 Å². The van der Waals surface area contributed by atoms with E-state index in [9.17, 15) is 9.59 Å². The number of carboxylic acid groups (broad SMARTS) is 1. The lowest BCUT2D eigenvalue weighted by atomic mass is 10.3. The zero-order valence-corrected chi connectivity index (χ0v) is 9.23. The first-order valence-corrected chi connectivity index (χ1v) is 4.84. The number of urea groups is 1. The Labute approximate surface area is 88.9 Å². The number of rotatable bonds is 5. The number of amides is 2. The number of carbonyl (C=O) groups excluding carboxylic acids is 1. The maximum absolute atomic E-state index is 11.5. The van der Waals surface area contributed by atoms with Gasteiger partial charge in [0, 0.05) is 12.6 Å². The van der Waals surface area contributed by atoms with E-state index < -0.39 is 24.6 Å². The van der Waals surface area contributed by atoms with Gasteiger partial charge >= 0.3 is 12.0 Å². The average Bonchev–Trinajstić information content (AvgIpc) is 2.14. The molecular formula is C9H18N2O4. The number of carbonyl (C=O) groups is 2. The maximum atomic E-state index is 11.5. The van der Waals surface area contributed by atoms with Crippen LogP contribution in [0.5, 0.6) is 0 Å². The molecule has 0 aromatic rings. The summed E-state index contributed by atoms with van der Waals surface area (Å²) in [4.78, 5) is 23.6. The smallest absolute Gasteiger partial charge is 0.328 e. The third-order valence-electron chi connectivity index (χ3n) is 2.00. The summed E-state index contributed by atoms with van der Waals surface area (Å²) in [6, 6.07) is -1.73. The van der Waals surface area contributed by atoms with E-state index in [4.69, 9.17) is 10.2 Å². The minimum absolute atomic E-state index is 0.0110. The molecule has 0 fully saturated rings. The van der Waals surface area contributed by atoms with Crippen molar-refractivity contribution >= 4 is 12.0 Å². The Balaban J connectivity index is 4.38. The van der Waals surface area contributed by atoms with Gasteiger partial charge < -0.3 is 20.4 Å². The van der Waals surface area contributed by atoms with Crippen molar-refractivity contribution in [1.29, 1.82) is 0 Å². The predicted octanol–water partition coefficient (Wildman–Crippen LogP) is -0.128. The molecule has 6 nitrogen and oxygen atoms in total. The summed E-state index contributed by atoms with van der Waals surface area (Å²) < 4.78 is 0. The second kappa shape index (κ2) is 6.23. The highest BCUT2D eigenvalue weighted by Gasteiger charge is 2.22. The number of hydrogen-bond donors (Lipinski definition) is 3. The highest BCUT2D eigenvalue weighted by Crippen LogP contribution is 1.98. The number of hydrogen-bond acceptors (Lipinski definition) is 3. The Morgan fingerprint density at radius 3 is 2.20 bits per heavy atom. The van der Waals surface area contributed by atoms with E-state index in [1.165, 1.54) is 4.90 Å². The van der Waals surface area contributed by atoms with Crippen molar-refractivity contribution in [3.63, 3.8) is 0 Å². The number of aliphatic hydroxyl groups excluding tert-OH is 1. The van der Waals surface area contributed by atoms with Crippen LogP contribution in [-0.2, 0) is 4.79 Å². The SMILES string of the molecule is CCN(C(=O)N[C@H](CO)C(=O)O)C(C)C. The van der Waals surface area contributed by atoms with Gasteiger partial charge in [0.2, 0.25) is 0 Å². The quantitative estimate of drug-likeness (QED) is 0.599. The minimum atomic E-state index is -1.25. The van der Waals surface area contributed by atoms with Crippen LogP contribution in [0.25, 0.3) is 0 Å². The van der Waals surface area contributed by atoms with Gasteiger partial charge in [-0.2, -0.15) is 0 Å². The van der Waals surface area contributed by atoms with Crippen LogP contribution in [0.4, 0.5) is 4.79 Å². The van der Waals surface area contributed by atoms with E-state index in [-0.39, 0.29) is 6.04 Å². The van der Waals surface area contributed by atoms with Crippen molar-refractivity contribution in [2.75, 3.05) is 13.2 Å². The fourth-order valence-electron chi connectivity index (χ4n) is 1.16. The minimum Gasteiger partial charge on any atom is -0.480 e. The molecule has 0 rings (SSSR count). The van der Waals surface area contributed by atoms with Crippen molar-refractivity contribution in [2.45, 2.75) is 32.9 Å². The molecule has 88 valence electrons. The average molecular weight is 218 g/mol. The summed E-state index contributed by atoms with van der Waals surface area (Å²) in [7, 11) is 0. The lowest BCUT2D eigenvalue weighted by Crippen LogP contribution is -2.51. The Bertz CT molecular complexity index is 230. The van der Waals surface area contributed by atoms with E-state index in [1.54, 1.807) is 6.92 Å². The lowest BCUT2D eigenvalue weighted by Gasteiger charge is -2.26. The van der Waals surface area contributed by atoms with Crippen LogP contribution in [-0.4, -0.2) is 52.3 Å². The van der Waals surface area contributed by atoms with Gasteiger partial charge in [0.25, 0.3) is 0 Å². The van der Waals surface area contributed by atoms with Crippen LogP contribution in [0.2, 0.25) is 0 Å². The van der Waals surface area contributed by atoms with Crippen molar-refractivity contribution in [2.24, 2.45) is 0 Å². The molecule has 0 heterocycles. The highest BCUT2D eigenvalue weighted by molar-refractivity contribution is 5.82. The first-order chi connectivity index (χ1) is 6.93. The molecular weight excluding hydrogens is 200 g/mol. The number of aliphatic hydroxyl groups is 1. The zero-order valence-electron chi connectivity index (χ0n) is 9.23. The Morgan fingerprint density at radius 1 is 1.40 bits per heavy atom. The Morgan fingerprint density at radius 2 is 1.93 bits per heavy atom. The number of nitrogens with zero attached hydrogens (tertiary/aromatic N) is 1. The molecule has 2 amide bonds. The monoisotopic (exact) mass is 218 g/mol. The predicted molar refractivity (Wildman–Crippen MR) is 54.6 cm³/mol. The lowest BCUT2D eigenvalue weighted by molar-refractivity contribution is -0.140. The molecule has 0 aromatic carbocycles. The topological polar surface area (TPSA) is 89.9 Å². The Kier molecular flexibility index (Phi) is 5.69. The fourth-order valence-corrected chi connectivity index (χ4v) is 1.16. The first kappa shape index (κ1) is 13.7. The zero-order chi connectivity index (χ0) is 12.0. The molecule has 0 radical (unpaired) electrons.